The number of ether oxygens (including phenoxy) is 1. The summed E-state index contributed by atoms with van der Waals surface area (Å²) < 4.78 is 39.3. The molecule has 1 aliphatic carbocycles. The molecule has 9 heteroatoms. The molecule has 164 valence electrons. The summed E-state index contributed by atoms with van der Waals surface area (Å²) in [5.41, 5.74) is 0. The normalized spacial score (nSPS) is 21.6. The topological polar surface area (TPSA) is 96.2 Å². The molecule has 2 N–H and O–H groups in total. The minimum absolute atomic E-state index is 0.108. The van der Waals surface area contributed by atoms with Crippen molar-refractivity contribution in [2.24, 2.45) is 4.99 Å². The first-order valence-corrected chi connectivity index (χ1v) is 12.2. The minimum atomic E-state index is -3.33. The molecule has 1 atom stereocenters. The lowest BCUT2D eigenvalue weighted by molar-refractivity contribution is 0.207. The summed E-state index contributed by atoms with van der Waals surface area (Å²) in [5.74, 6) is 1.66. The fourth-order valence-corrected chi connectivity index (χ4v) is 5.76. The van der Waals surface area contributed by atoms with Crippen LogP contribution in [0.4, 0.5) is 0 Å². The molecule has 8 nitrogen and oxygen atoms in total. The van der Waals surface area contributed by atoms with Crippen molar-refractivity contribution >= 4 is 16.0 Å². The van der Waals surface area contributed by atoms with Gasteiger partial charge in [0.25, 0.3) is 0 Å². The molecule has 2 fully saturated rings. The Morgan fingerprint density at radius 2 is 2.14 bits per heavy atom. The van der Waals surface area contributed by atoms with Crippen LogP contribution in [0, 0.1) is 0 Å². The van der Waals surface area contributed by atoms with E-state index in [1.54, 1.807) is 13.4 Å². The highest BCUT2D eigenvalue weighted by atomic mass is 32.2. The molecule has 1 unspecified atom stereocenters. The van der Waals surface area contributed by atoms with Crippen LogP contribution < -0.4 is 10.0 Å². The summed E-state index contributed by atoms with van der Waals surface area (Å²) in [6.07, 6.45) is 8.06. The molecule has 1 aromatic heterocycles. The monoisotopic (exact) mass is 426 g/mol. The number of piperidine rings is 1. The van der Waals surface area contributed by atoms with Crippen LogP contribution in [-0.4, -0.2) is 70.5 Å². The Bertz CT molecular complexity index is 730. The van der Waals surface area contributed by atoms with E-state index in [-0.39, 0.29) is 6.04 Å². The first kappa shape index (κ1) is 22.1. The van der Waals surface area contributed by atoms with Crippen LogP contribution in [0.25, 0.3) is 0 Å². The molecule has 0 aromatic carbocycles. The van der Waals surface area contributed by atoms with Crippen LogP contribution in [0.3, 0.4) is 0 Å². The van der Waals surface area contributed by atoms with Gasteiger partial charge >= 0.3 is 0 Å². The third-order valence-electron chi connectivity index (χ3n) is 5.59. The zero-order chi connectivity index (χ0) is 20.5. The van der Waals surface area contributed by atoms with Gasteiger partial charge in [-0.15, -0.1) is 0 Å². The van der Waals surface area contributed by atoms with E-state index in [2.05, 4.69) is 19.9 Å². The van der Waals surface area contributed by atoms with Gasteiger partial charge in [-0.1, -0.05) is 12.8 Å². The Morgan fingerprint density at radius 1 is 1.31 bits per heavy atom. The highest BCUT2D eigenvalue weighted by Crippen LogP contribution is 2.22. The van der Waals surface area contributed by atoms with Crippen molar-refractivity contribution < 1.29 is 17.6 Å². The van der Waals surface area contributed by atoms with Crippen LogP contribution in [0.15, 0.2) is 27.8 Å². The van der Waals surface area contributed by atoms with Gasteiger partial charge in [0.2, 0.25) is 10.0 Å². The fourth-order valence-electron chi connectivity index (χ4n) is 4.02. The molecular weight excluding hydrogens is 392 g/mol. The number of hydrogen-bond donors (Lipinski definition) is 2. The van der Waals surface area contributed by atoms with Crippen molar-refractivity contribution in [3.05, 3.63) is 24.2 Å². The van der Waals surface area contributed by atoms with E-state index in [0.717, 1.165) is 56.8 Å². The van der Waals surface area contributed by atoms with E-state index in [1.165, 1.54) is 0 Å². The molecule has 1 aliphatic heterocycles. The summed E-state index contributed by atoms with van der Waals surface area (Å²) in [6, 6.07) is 3.93. The number of nitrogens with one attached hydrogen (secondary N) is 2. The van der Waals surface area contributed by atoms with Crippen molar-refractivity contribution in [3.63, 3.8) is 0 Å². The van der Waals surface area contributed by atoms with Crippen molar-refractivity contribution in [2.75, 3.05) is 39.9 Å². The summed E-state index contributed by atoms with van der Waals surface area (Å²) >= 11 is 0. The summed E-state index contributed by atoms with van der Waals surface area (Å²) in [6.45, 7) is 3.00. The number of sulfonamides is 1. The molecule has 1 saturated carbocycles. The molecule has 0 bridgehead atoms. The smallest absolute Gasteiger partial charge is 0.216 e. The summed E-state index contributed by atoms with van der Waals surface area (Å²) in [4.78, 5) is 6.71. The SMILES string of the molecule is COCCN=C(NCCc1ccco1)N1CCCC(S(=O)(=O)NC2CCCC2)C1. The third kappa shape index (κ3) is 6.72. The van der Waals surface area contributed by atoms with Gasteiger partial charge in [0, 0.05) is 39.2 Å². The Hall–Kier alpha value is -1.58. The highest BCUT2D eigenvalue weighted by molar-refractivity contribution is 7.90. The molecule has 0 amide bonds. The maximum atomic E-state index is 12.9. The highest BCUT2D eigenvalue weighted by Gasteiger charge is 2.34. The molecule has 29 heavy (non-hydrogen) atoms. The van der Waals surface area contributed by atoms with Crippen molar-refractivity contribution in [2.45, 2.75) is 56.2 Å². The first-order chi connectivity index (χ1) is 14.1. The largest absolute Gasteiger partial charge is 0.469 e. The van der Waals surface area contributed by atoms with Gasteiger partial charge in [-0.05, 0) is 37.8 Å². The van der Waals surface area contributed by atoms with E-state index >= 15 is 0 Å². The van der Waals surface area contributed by atoms with Crippen molar-refractivity contribution in [1.29, 1.82) is 0 Å². The Labute approximate surface area is 174 Å². The van der Waals surface area contributed by atoms with Gasteiger partial charge in [0.15, 0.2) is 5.96 Å². The number of hydrogen-bond acceptors (Lipinski definition) is 5. The van der Waals surface area contributed by atoms with Gasteiger partial charge in [0.05, 0.1) is 24.7 Å². The van der Waals surface area contributed by atoms with Gasteiger partial charge in [0.1, 0.15) is 5.76 Å². The third-order valence-corrected chi connectivity index (χ3v) is 7.52. The Kier molecular flexibility index (Phi) is 8.38. The maximum Gasteiger partial charge on any atom is 0.216 e. The molecule has 0 radical (unpaired) electrons. The molecule has 3 rings (SSSR count). The lowest BCUT2D eigenvalue weighted by atomic mass is 10.1. The van der Waals surface area contributed by atoms with E-state index in [4.69, 9.17) is 9.15 Å². The second kappa shape index (κ2) is 11.0. The zero-order valence-corrected chi connectivity index (χ0v) is 18.1. The number of furan rings is 1. The number of guanidine groups is 1. The van der Waals surface area contributed by atoms with Gasteiger partial charge in [-0.3, -0.25) is 4.99 Å². The van der Waals surface area contributed by atoms with E-state index in [0.29, 0.717) is 32.7 Å². The Balaban J connectivity index is 1.60. The second-order valence-corrected chi connectivity index (χ2v) is 9.80. The fraction of sp³-hybridized carbons (Fsp3) is 0.750. The van der Waals surface area contributed by atoms with Crippen LogP contribution in [0.1, 0.15) is 44.3 Å². The number of likely N-dealkylation sites (tertiary alicyclic amines) is 1. The first-order valence-electron chi connectivity index (χ1n) is 10.6. The Morgan fingerprint density at radius 3 is 2.86 bits per heavy atom. The molecule has 2 heterocycles. The van der Waals surface area contributed by atoms with Crippen LogP contribution in [0.2, 0.25) is 0 Å². The molecule has 2 aliphatic rings. The average Bonchev–Trinajstić information content (AvgIpc) is 3.41. The number of nitrogens with zero attached hydrogens (tertiary/aromatic N) is 2. The molecule has 1 saturated heterocycles. The number of aliphatic imine (C=N–C) groups is 1. The predicted octanol–water partition coefficient (Wildman–Crippen LogP) is 1.74. The van der Waals surface area contributed by atoms with Crippen LogP contribution in [-0.2, 0) is 21.2 Å². The zero-order valence-electron chi connectivity index (χ0n) is 17.3. The molecule has 1 aromatic rings. The van der Waals surface area contributed by atoms with Gasteiger partial charge in [-0.25, -0.2) is 13.1 Å². The second-order valence-electron chi connectivity index (χ2n) is 7.81. The van der Waals surface area contributed by atoms with Crippen LogP contribution >= 0.6 is 0 Å². The van der Waals surface area contributed by atoms with Crippen molar-refractivity contribution in [1.82, 2.24) is 14.9 Å². The average molecular weight is 427 g/mol. The van der Waals surface area contributed by atoms with Gasteiger partial charge < -0.3 is 19.4 Å². The van der Waals surface area contributed by atoms with Crippen molar-refractivity contribution in [3.8, 4) is 0 Å². The lowest BCUT2D eigenvalue weighted by Gasteiger charge is -2.35. The lowest BCUT2D eigenvalue weighted by Crippen LogP contribution is -2.53. The molecule has 0 spiro atoms. The van der Waals surface area contributed by atoms with E-state index < -0.39 is 15.3 Å². The quantitative estimate of drug-likeness (QED) is 0.355. The summed E-state index contributed by atoms with van der Waals surface area (Å²) in [7, 11) is -1.68. The van der Waals surface area contributed by atoms with E-state index in [9.17, 15) is 8.42 Å². The maximum absolute atomic E-state index is 12.9. The molecular formula is C20H34N4O4S. The van der Waals surface area contributed by atoms with Gasteiger partial charge in [-0.2, -0.15) is 0 Å². The van der Waals surface area contributed by atoms with Crippen LogP contribution in [0.5, 0.6) is 0 Å². The van der Waals surface area contributed by atoms with E-state index in [1.807, 2.05) is 12.1 Å². The minimum Gasteiger partial charge on any atom is -0.469 e. The summed E-state index contributed by atoms with van der Waals surface area (Å²) in [5, 5.41) is 2.97. The number of rotatable bonds is 9. The predicted molar refractivity (Wildman–Crippen MR) is 113 cm³/mol. The standard InChI is InChI=1S/C20H34N4O4S/c1-27-15-12-22-20(21-11-10-18-8-5-14-28-18)24-13-4-9-19(16-24)29(25,26)23-17-6-2-3-7-17/h5,8,14,17,19,23H,2-4,6-7,9-13,15-16H2,1H3,(H,21,22). The number of methoxy groups -OCH3 is 1.